The van der Waals surface area contributed by atoms with Crippen molar-refractivity contribution in [2.45, 2.75) is 0 Å². The fraction of sp³-hybridized carbons (Fsp3) is 0.111. The van der Waals surface area contributed by atoms with Crippen LogP contribution in [0, 0.1) is 0 Å². The molecular formula is C9H9BrN2O. The van der Waals surface area contributed by atoms with Crippen LogP contribution in [0.15, 0.2) is 29.3 Å². The van der Waals surface area contributed by atoms with E-state index in [2.05, 4.69) is 10.3 Å². The minimum absolute atomic E-state index is 0. The number of hydrogen-bond donors (Lipinski definition) is 1. The first-order valence-electron chi connectivity index (χ1n) is 3.76. The number of anilines is 1. The highest BCUT2D eigenvalue weighted by molar-refractivity contribution is 8.93. The van der Waals surface area contributed by atoms with Gasteiger partial charge >= 0.3 is 0 Å². The van der Waals surface area contributed by atoms with E-state index in [1.165, 1.54) is 0 Å². The van der Waals surface area contributed by atoms with Crippen molar-refractivity contribution in [3.05, 3.63) is 29.8 Å². The summed E-state index contributed by atoms with van der Waals surface area (Å²) in [6.45, 7) is 0.285. The molecule has 1 aliphatic rings. The first-order valence-corrected chi connectivity index (χ1v) is 3.76. The fourth-order valence-corrected chi connectivity index (χ4v) is 1.13. The number of aliphatic imine (C=N–C) groups is 1. The summed E-state index contributed by atoms with van der Waals surface area (Å²) in [5.41, 5.74) is 1.93. The van der Waals surface area contributed by atoms with Crippen molar-refractivity contribution in [2.75, 3.05) is 11.9 Å². The van der Waals surface area contributed by atoms with Gasteiger partial charge < -0.3 is 5.32 Å². The Morgan fingerprint density at radius 1 is 1.31 bits per heavy atom. The number of nitrogens with one attached hydrogen (secondary N) is 1. The molecule has 1 aromatic rings. The van der Waals surface area contributed by atoms with Crippen LogP contribution < -0.4 is 5.32 Å². The Balaban J connectivity index is 0.000000845. The van der Waals surface area contributed by atoms with Crippen LogP contribution in [0.25, 0.3) is 0 Å². The largest absolute Gasteiger partial charge is 0.376 e. The third-order valence-corrected chi connectivity index (χ3v) is 1.74. The number of para-hydroxylation sites is 1. The van der Waals surface area contributed by atoms with E-state index < -0.39 is 0 Å². The Bertz CT molecular complexity index is 349. The zero-order valence-corrected chi connectivity index (χ0v) is 8.57. The van der Waals surface area contributed by atoms with E-state index in [0.29, 0.717) is 0 Å². The molecule has 2 rings (SSSR count). The van der Waals surface area contributed by atoms with Gasteiger partial charge in [-0.05, 0) is 6.07 Å². The number of benzodiazepines with no additional fused rings is 1. The molecule has 3 nitrogen and oxygen atoms in total. The summed E-state index contributed by atoms with van der Waals surface area (Å²) in [5.74, 6) is -0.133. The molecule has 1 aliphatic heterocycles. The van der Waals surface area contributed by atoms with Gasteiger partial charge in [0, 0.05) is 17.5 Å². The summed E-state index contributed by atoms with van der Waals surface area (Å²) < 4.78 is 0. The number of rotatable bonds is 0. The zero-order chi connectivity index (χ0) is 8.39. The minimum Gasteiger partial charge on any atom is -0.376 e. The maximum atomic E-state index is 10.9. The quantitative estimate of drug-likeness (QED) is 0.750. The van der Waals surface area contributed by atoms with Crippen LogP contribution in [0.3, 0.4) is 0 Å². The lowest BCUT2D eigenvalue weighted by Crippen LogP contribution is -2.09. The van der Waals surface area contributed by atoms with Gasteiger partial charge in [0.1, 0.15) is 0 Å². The van der Waals surface area contributed by atoms with Gasteiger partial charge in [0.2, 0.25) is 0 Å². The number of carbonyl (C=O) groups is 1. The standard InChI is InChI=1S/C9H8N2O.BrH/c12-9-6-10-8-4-2-1-3-7(8)5-11-9;/h1-5,10H,6H2;1H. The highest BCUT2D eigenvalue weighted by atomic mass is 79.9. The van der Waals surface area contributed by atoms with Crippen LogP contribution >= 0.6 is 17.0 Å². The number of nitrogens with zero attached hydrogens (tertiary/aromatic N) is 1. The van der Waals surface area contributed by atoms with Gasteiger partial charge in [-0.2, -0.15) is 0 Å². The first kappa shape index (κ1) is 9.92. The maximum Gasteiger partial charge on any atom is 0.264 e. The molecule has 0 aliphatic carbocycles. The van der Waals surface area contributed by atoms with Gasteiger partial charge in [0.15, 0.2) is 0 Å². The summed E-state index contributed by atoms with van der Waals surface area (Å²) in [6, 6.07) is 7.70. The van der Waals surface area contributed by atoms with E-state index in [0.717, 1.165) is 11.3 Å². The molecule has 1 N–H and O–H groups in total. The summed E-state index contributed by atoms with van der Waals surface area (Å²) in [7, 11) is 0. The van der Waals surface area contributed by atoms with Gasteiger partial charge in [-0.15, -0.1) is 17.0 Å². The topological polar surface area (TPSA) is 41.5 Å². The second kappa shape index (κ2) is 4.18. The Labute approximate surface area is 86.6 Å². The molecule has 0 saturated heterocycles. The van der Waals surface area contributed by atoms with Crippen LogP contribution in [0.1, 0.15) is 5.56 Å². The fourth-order valence-electron chi connectivity index (χ4n) is 1.13. The predicted octanol–water partition coefficient (Wildman–Crippen LogP) is 1.64. The number of halogens is 1. The molecule has 68 valence electrons. The van der Waals surface area contributed by atoms with E-state index in [9.17, 15) is 4.79 Å². The van der Waals surface area contributed by atoms with Crippen LogP contribution in [0.5, 0.6) is 0 Å². The maximum absolute atomic E-state index is 10.9. The van der Waals surface area contributed by atoms with Crippen molar-refractivity contribution in [1.29, 1.82) is 0 Å². The molecule has 1 aromatic carbocycles. The molecule has 0 saturated carbocycles. The second-order valence-corrected chi connectivity index (χ2v) is 2.59. The Morgan fingerprint density at radius 3 is 2.92 bits per heavy atom. The smallest absolute Gasteiger partial charge is 0.264 e. The van der Waals surface area contributed by atoms with Gasteiger partial charge in [-0.1, -0.05) is 18.2 Å². The van der Waals surface area contributed by atoms with Gasteiger partial charge in [0.25, 0.3) is 5.91 Å². The zero-order valence-electron chi connectivity index (χ0n) is 6.86. The first-order chi connectivity index (χ1) is 5.86. The Kier molecular flexibility index (Phi) is 3.19. The Hall–Kier alpha value is -1.16. The molecule has 0 radical (unpaired) electrons. The summed E-state index contributed by atoms with van der Waals surface area (Å²) in [4.78, 5) is 14.6. The van der Waals surface area contributed by atoms with Crippen molar-refractivity contribution in [1.82, 2.24) is 0 Å². The lowest BCUT2D eigenvalue weighted by Gasteiger charge is -2.02. The number of hydrogen-bond acceptors (Lipinski definition) is 2. The summed E-state index contributed by atoms with van der Waals surface area (Å²) >= 11 is 0. The van der Waals surface area contributed by atoms with Crippen LogP contribution in [-0.4, -0.2) is 18.7 Å². The number of amides is 1. The number of carbonyl (C=O) groups excluding carboxylic acids is 1. The average molecular weight is 241 g/mol. The van der Waals surface area contributed by atoms with Crippen LogP contribution in [0.4, 0.5) is 5.69 Å². The molecule has 0 atom stereocenters. The number of fused-ring (bicyclic) bond motifs is 1. The predicted molar refractivity (Wildman–Crippen MR) is 57.9 cm³/mol. The van der Waals surface area contributed by atoms with Crippen LogP contribution in [0.2, 0.25) is 0 Å². The van der Waals surface area contributed by atoms with E-state index in [4.69, 9.17) is 0 Å². The van der Waals surface area contributed by atoms with E-state index in [1.807, 2.05) is 24.3 Å². The van der Waals surface area contributed by atoms with Crippen molar-refractivity contribution in [2.24, 2.45) is 4.99 Å². The van der Waals surface area contributed by atoms with Crippen molar-refractivity contribution in [3.63, 3.8) is 0 Å². The highest BCUT2D eigenvalue weighted by Gasteiger charge is 2.05. The minimum atomic E-state index is -0.133. The highest BCUT2D eigenvalue weighted by Crippen LogP contribution is 2.13. The number of benzene rings is 1. The molecule has 0 aromatic heterocycles. The third-order valence-electron chi connectivity index (χ3n) is 1.74. The normalized spacial score (nSPS) is 13.7. The van der Waals surface area contributed by atoms with Gasteiger partial charge in [0.05, 0.1) is 6.54 Å². The average Bonchev–Trinajstić information content (AvgIpc) is 2.29. The molecule has 1 amide bonds. The van der Waals surface area contributed by atoms with Crippen molar-refractivity contribution >= 4 is 34.8 Å². The molecule has 0 spiro atoms. The lowest BCUT2D eigenvalue weighted by molar-refractivity contribution is -0.116. The molecule has 1 heterocycles. The summed E-state index contributed by atoms with van der Waals surface area (Å²) in [5, 5.41) is 3.00. The molecule has 4 heteroatoms. The van der Waals surface area contributed by atoms with E-state index in [1.54, 1.807) is 6.21 Å². The molecule has 0 fully saturated rings. The second-order valence-electron chi connectivity index (χ2n) is 2.59. The van der Waals surface area contributed by atoms with E-state index >= 15 is 0 Å². The van der Waals surface area contributed by atoms with Gasteiger partial charge in [-0.3, -0.25) is 4.79 Å². The van der Waals surface area contributed by atoms with Crippen LogP contribution in [-0.2, 0) is 4.79 Å². The SMILES string of the molecule is Br.O=C1CNc2ccccc2C=N1. The van der Waals surface area contributed by atoms with E-state index in [-0.39, 0.29) is 29.4 Å². The van der Waals surface area contributed by atoms with Crippen molar-refractivity contribution < 1.29 is 4.79 Å². The third kappa shape index (κ3) is 2.15. The lowest BCUT2D eigenvalue weighted by atomic mass is 10.2. The van der Waals surface area contributed by atoms with Gasteiger partial charge in [-0.25, -0.2) is 4.99 Å². The monoisotopic (exact) mass is 240 g/mol. The Morgan fingerprint density at radius 2 is 2.08 bits per heavy atom. The molecule has 0 unspecified atom stereocenters. The summed E-state index contributed by atoms with van der Waals surface area (Å²) in [6.07, 6.45) is 1.59. The molecule has 0 bridgehead atoms. The molecule has 13 heavy (non-hydrogen) atoms. The van der Waals surface area contributed by atoms with Crippen molar-refractivity contribution in [3.8, 4) is 0 Å². The molecular weight excluding hydrogens is 232 g/mol.